The molecule has 9 atom stereocenters. The summed E-state index contributed by atoms with van der Waals surface area (Å²) in [5.41, 5.74) is 0.885. The van der Waals surface area contributed by atoms with Crippen LogP contribution in [0.15, 0.2) is 30.3 Å². The first kappa shape index (κ1) is 57.6. The van der Waals surface area contributed by atoms with E-state index in [-0.39, 0.29) is 85.8 Å². The fraction of sp³-hybridized carbons (Fsp3) is 0.725. The van der Waals surface area contributed by atoms with Gasteiger partial charge in [0.2, 0.25) is 23.6 Å². The number of likely N-dealkylation sites (N-methyl/N-ethyl adjacent to an activating group) is 2. The number of benzene rings is 1. The number of hydrogen-bond donors (Lipinski definition) is 2. The third-order valence-electron chi connectivity index (χ3n) is 14.1. The van der Waals surface area contributed by atoms with Gasteiger partial charge in [0.25, 0.3) is 17.7 Å². The van der Waals surface area contributed by atoms with E-state index < -0.39 is 66.1 Å². The molecule has 0 bridgehead atoms. The van der Waals surface area contributed by atoms with Gasteiger partial charge in [0.05, 0.1) is 49.3 Å². The highest BCUT2D eigenvalue weighted by Gasteiger charge is 2.44. The lowest BCUT2D eigenvalue weighted by molar-refractivity contribution is -0.199. The minimum atomic E-state index is -0.926. The second kappa shape index (κ2) is 27.6. The Morgan fingerprint density at radius 3 is 2.09 bits per heavy atom. The average molecular weight is 984 g/mol. The third-order valence-corrected chi connectivity index (χ3v) is 14.1. The van der Waals surface area contributed by atoms with E-state index >= 15 is 0 Å². The number of likely N-dealkylation sites (tertiary alicyclic amines) is 1. The summed E-state index contributed by atoms with van der Waals surface area (Å²) in [5.74, 6) is -4.80. The van der Waals surface area contributed by atoms with E-state index in [4.69, 9.17) is 19.1 Å². The van der Waals surface area contributed by atoms with Gasteiger partial charge in [-0.3, -0.25) is 43.3 Å². The molecule has 3 aliphatic heterocycles. The van der Waals surface area contributed by atoms with Crippen LogP contribution in [0.4, 0.5) is 0 Å². The predicted molar refractivity (Wildman–Crippen MR) is 260 cm³/mol. The molecule has 3 fully saturated rings. The van der Waals surface area contributed by atoms with E-state index in [9.17, 15) is 38.4 Å². The van der Waals surface area contributed by atoms with E-state index in [1.165, 1.54) is 19.3 Å². The van der Waals surface area contributed by atoms with Gasteiger partial charge in [0.1, 0.15) is 12.1 Å². The largest absolute Gasteiger partial charge is 0.379 e. The first-order valence-electron chi connectivity index (χ1n) is 25.2. The van der Waals surface area contributed by atoms with Crippen LogP contribution < -0.4 is 10.6 Å². The molecular formula is C51H81N7O12. The van der Waals surface area contributed by atoms with Gasteiger partial charge in [0, 0.05) is 60.0 Å². The number of rotatable bonds is 26. The second-order valence-corrected chi connectivity index (χ2v) is 19.9. The quantitative estimate of drug-likeness (QED) is 0.127. The van der Waals surface area contributed by atoms with Crippen molar-refractivity contribution >= 4 is 47.3 Å². The summed E-state index contributed by atoms with van der Waals surface area (Å²) in [5, 5.41) is 7.89. The van der Waals surface area contributed by atoms with Gasteiger partial charge in [-0.25, -0.2) is 9.86 Å². The van der Waals surface area contributed by atoms with Crippen molar-refractivity contribution < 1.29 is 57.5 Å². The molecule has 0 unspecified atom stereocenters. The molecular weight excluding hydrogens is 903 g/mol. The van der Waals surface area contributed by atoms with Gasteiger partial charge in [-0.1, -0.05) is 85.2 Å². The standard InChI is InChI=1S/C51H81N7O12/c1-12-34(6)46(55(9)51(66)44(32(2)3)53-49(64)45(33(4)5)54(8)26-19-23-43(62)70-58-40(59)24-25-41(58)60)39(67-10)31-42(61)56-27-18-22-38(56)47(68-11)35(7)48(63)52-37(30-36-20-14-13-15-21-36)50(65)57-28-16-17-29-69-57/h13-15,20-21,32-35,37-39,44-47H,12,16-19,22-31H2,1-11H3,(H,52,63)(H,53,64)/t34-,35+,37-,38-,39+,44-,45-,46-,47+/m0/s1. The first-order valence-corrected chi connectivity index (χ1v) is 25.2. The zero-order chi connectivity index (χ0) is 51.8. The van der Waals surface area contributed by atoms with E-state index in [0.29, 0.717) is 50.6 Å². The maximum Gasteiger partial charge on any atom is 0.333 e. The van der Waals surface area contributed by atoms with Crippen molar-refractivity contribution in [2.24, 2.45) is 23.7 Å². The van der Waals surface area contributed by atoms with Crippen molar-refractivity contribution in [3.05, 3.63) is 35.9 Å². The van der Waals surface area contributed by atoms with E-state index in [0.717, 1.165) is 18.4 Å². The van der Waals surface area contributed by atoms with Gasteiger partial charge in [0.15, 0.2) is 0 Å². The summed E-state index contributed by atoms with van der Waals surface area (Å²) in [7, 11) is 6.49. The predicted octanol–water partition coefficient (Wildman–Crippen LogP) is 3.67. The van der Waals surface area contributed by atoms with Gasteiger partial charge in [-0.15, -0.1) is 5.06 Å². The van der Waals surface area contributed by atoms with Gasteiger partial charge in [-0.05, 0) is 69.0 Å². The normalized spacial score (nSPS) is 19.9. The van der Waals surface area contributed by atoms with E-state index in [1.807, 2.05) is 76.8 Å². The molecule has 4 rings (SSSR count). The third kappa shape index (κ3) is 15.3. The monoisotopic (exact) mass is 984 g/mol. The summed E-state index contributed by atoms with van der Waals surface area (Å²) in [6.45, 7) is 14.9. The number of amides is 7. The maximum absolute atomic E-state index is 14.6. The van der Waals surface area contributed by atoms with Gasteiger partial charge in [-0.2, -0.15) is 0 Å². The number of hydrogen-bond acceptors (Lipinski definition) is 13. The Labute approximate surface area is 414 Å². The molecule has 392 valence electrons. The van der Waals surface area contributed by atoms with Crippen molar-refractivity contribution in [1.29, 1.82) is 0 Å². The number of methoxy groups -OCH3 is 2. The van der Waals surface area contributed by atoms with Crippen LogP contribution in [0.25, 0.3) is 0 Å². The molecule has 0 radical (unpaired) electrons. The van der Waals surface area contributed by atoms with Crippen LogP contribution in [-0.2, 0) is 63.9 Å². The number of imide groups is 1. The Balaban J connectivity index is 1.44. The topological polar surface area (TPSA) is 214 Å². The van der Waals surface area contributed by atoms with E-state index in [2.05, 4.69) is 10.6 Å². The fourth-order valence-electron chi connectivity index (χ4n) is 10.0. The van der Waals surface area contributed by atoms with Gasteiger partial charge < -0.3 is 34.7 Å². The molecule has 3 saturated heterocycles. The Kier molecular flexibility index (Phi) is 22.7. The highest BCUT2D eigenvalue weighted by atomic mass is 16.7. The summed E-state index contributed by atoms with van der Waals surface area (Å²) in [4.78, 5) is 123. The second-order valence-electron chi connectivity index (χ2n) is 19.9. The van der Waals surface area contributed by atoms with Gasteiger partial charge >= 0.3 is 5.97 Å². The van der Waals surface area contributed by atoms with E-state index in [1.54, 1.807) is 30.8 Å². The van der Waals surface area contributed by atoms with Crippen LogP contribution in [-0.4, -0.2) is 169 Å². The van der Waals surface area contributed by atoms with Crippen LogP contribution in [0.5, 0.6) is 0 Å². The molecule has 7 amide bonds. The summed E-state index contributed by atoms with van der Waals surface area (Å²) < 4.78 is 12.1. The van der Waals surface area contributed by atoms with Crippen molar-refractivity contribution in [3.8, 4) is 0 Å². The number of nitrogens with one attached hydrogen (secondary N) is 2. The molecule has 0 spiro atoms. The molecule has 1 aromatic rings. The van der Waals surface area contributed by atoms with Crippen molar-refractivity contribution in [2.45, 2.75) is 162 Å². The van der Waals surface area contributed by atoms with Crippen LogP contribution in [0, 0.1) is 23.7 Å². The Morgan fingerprint density at radius 1 is 0.843 bits per heavy atom. The average Bonchev–Trinajstić information content (AvgIpc) is 3.95. The Bertz CT molecular complexity index is 1910. The fourth-order valence-corrected chi connectivity index (χ4v) is 10.0. The molecule has 3 heterocycles. The lowest BCUT2D eigenvalue weighted by atomic mass is 9.89. The highest BCUT2D eigenvalue weighted by Crippen LogP contribution is 2.30. The molecule has 2 N–H and O–H groups in total. The molecule has 19 heteroatoms. The highest BCUT2D eigenvalue weighted by molar-refractivity contribution is 6.01. The Hall–Kier alpha value is -4.98. The lowest BCUT2D eigenvalue weighted by Crippen LogP contribution is -2.60. The molecule has 0 saturated carbocycles. The minimum Gasteiger partial charge on any atom is -0.379 e. The molecule has 0 aromatic heterocycles. The number of carbonyl (C=O) groups is 8. The van der Waals surface area contributed by atoms with Crippen LogP contribution in [0.2, 0.25) is 0 Å². The minimum absolute atomic E-state index is 0.00107. The SMILES string of the molecule is CC[C@H](C)[C@@H]([C@@H](CC(=O)N1CCC[C@H]1[C@H](OC)[C@@H](C)C(=O)N[C@@H](Cc1ccccc1)C(=O)N1CCCCO1)OC)N(C)C(=O)[C@@H](NC(=O)[C@H](C(C)C)N(C)CCCC(=O)ON1C(=O)CCC1=O)C(C)C. The van der Waals surface area contributed by atoms with Crippen molar-refractivity contribution in [1.82, 2.24) is 35.5 Å². The molecule has 3 aliphatic rings. The molecule has 19 nitrogen and oxygen atoms in total. The van der Waals surface area contributed by atoms with Crippen molar-refractivity contribution in [3.63, 3.8) is 0 Å². The molecule has 1 aromatic carbocycles. The Morgan fingerprint density at radius 2 is 1.51 bits per heavy atom. The summed E-state index contributed by atoms with van der Waals surface area (Å²) >= 11 is 0. The summed E-state index contributed by atoms with van der Waals surface area (Å²) in [6.07, 6.45) is 2.60. The van der Waals surface area contributed by atoms with Crippen LogP contribution in [0.1, 0.15) is 118 Å². The number of nitrogens with zero attached hydrogens (tertiary/aromatic N) is 5. The van der Waals surface area contributed by atoms with Crippen molar-refractivity contribution in [2.75, 3.05) is 54.6 Å². The zero-order valence-corrected chi connectivity index (χ0v) is 43.5. The zero-order valence-electron chi connectivity index (χ0n) is 43.5. The number of ether oxygens (including phenoxy) is 2. The first-order chi connectivity index (χ1) is 33.2. The number of hydroxylamine groups is 4. The molecule has 0 aliphatic carbocycles. The lowest BCUT2D eigenvalue weighted by Gasteiger charge is -2.41. The summed E-state index contributed by atoms with van der Waals surface area (Å²) in [6, 6.07) is 6.00. The number of carbonyl (C=O) groups excluding carboxylic acids is 8. The maximum atomic E-state index is 14.6. The van der Waals surface area contributed by atoms with Crippen LogP contribution in [0.3, 0.4) is 0 Å². The molecule has 70 heavy (non-hydrogen) atoms. The smallest absolute Gasteiger partial charge is 0.333 e. The van der Waals surface area contributed by atoms with Crippen LogP contribution >= 0.6 is 0 Å².